The van der Waals surface area contributed by atoms with Crippen molar-refractivity contribution in [2.75, 3.05) is 18.1 Å². The number of thioether (sulfide) groups is 1. The highest BCUT2D eigenvalue weighted by Gasteiger charge is 2.13. The lowest BCUT2D eigenvalue weighted by atomic mass is 10.0. The molecule has 1 aromatic heterocycles. The van der Waals surface area contributed by atoms with Crippen LogP contribution in [0.15, 0.2) is 36.5 Å². The lowest BCUT2D eigenvalue weighted by Crippen LogP contribution is -2.23. The van der Waals surface area contributed by atoms with Gasteiger partial charge in [-0.1, -0.05) is 38.1 Å². The van der Waals surface area contributed by atoms with Crippen LogP contribution < -0.4 is 5.32 Å². The molecule has 0 aliphatic rings. The molecule has 0 radical (unpaired) electrons. The van der Waals surface area contributed by atoms with Crippen molar-refractivity contribution in [3.63, 3.8) is 0 Å². The summed E-state index contributed by atoms with van der Waals surface area (Å²) in [6.07, 6.45) is 1.88. The first-order valence-corrected chi connectivity index (χ1v) is 7.67. The Labute approximate surface area is 113 Å². The molecule has 0 saturated carbocycles. The number of pyridine rings is 1. The lowest BCUT2D eigenvalue weighted by Gasteiger charge is -2.19. The van der Waals surface area contributed by atoms with Crippen molar-refractivity contribution in [2.45, 2.75) is 19.9 Å². The Bertz CT molecular complexity index is 493. The average Bonchev–Trinajstić information content (AvgIpc) is 2.43. The van der Waals surface area contributed by atoms with Crippen LogP contribution >= 0.6 is 11.8 Å². The van der Waals surface area contributed by atoms with Crippen LogP contribution in [0.25, 0.3) is 10.9 Å². The molecular formula is C15H20N2S. The minimum absolute atomic E-state index is 0.388. The molecule has 2 aromatic rings. The Kier molecular flexibility index (Phi) is 5.02. The van der Waals surface area contributed by atoms with Gasteiger partial charge in [-0.25, -0.2) is 0 Å². The van der Waals surface area contributed by atoms with E-state index in [-0.39, 0.29) is 0 Å². The minimum atomic E-state index is 0.388. The first-order valence-electron chi connectivity index (χ1n) is 6.51. The predicted octanol–water partition coefficient (Wildman–Crippen LogP) is 3.64. The Morgan fingerprint density at radius 3 is 2.83 bits per heavy atom. The van der Waals surface area contributed by atoms with Crippen LogP contribution in [0.4, 0.5) is 0 Å². The molecule has 0 fully saturated rings. The largest absolute Gasteiger partial charge is 0.309 e. The smallest absolute Gasteiger partial charge is 0.0750 e. The highest BCUT2D eigenvalue weighted by Crippen LogP contribution is 2.25. The Balaban J connectivity index is 2.36. The molecule has 1 heterocycles. The van der Waals surface area contributed by atoms with E-state index in [1.165, 1.54) is 10.9 Å². The standard InChI is InChI=1S/C15H20N2S/c1-3-16-14(11-18-4-2)13-9-5-7-12-8-6-10-17-15(12)13/h5-10,14,16H,3-4,11H2,1-2H3. The highest BCUT2D eigenvalue weighted by molar-refractivity contribution is 7.99. The third kappa shape index (κ3) is 3.03. The molecule has 0 aliphatic heterocycles. The molecule has 2 rings (SSSR count). The van der Waals surface area contributed by atoms with E-state index in [1.807, 2.05) is 24.0 Å². The molecule has 0 spiro atoms. The fraction of sp³-hybridized carbons (Fsp3) is 0.400. The van der Waals surface area contributed by atoms with E-state index >= 15 is 0 Å². The zero-order chi connectivity index (χ0) is 12.8. The normalized spacial score (nSPS) is 12.8. The molecular weight excluding hydrogens is 240 g/mol. The van der Waals surface area contributed by atoms with Gasteiger partial charge in [-0.15, -0.1) is 0 Å². The molecule has 18 heavy (non-hydrogen) atoms. The molecule has 96 valence electrons. The van der Waals surface area contributed by atoms with E-state index in [1.54, 1.807) is 0 Å². The Hall–Kier alpha value is -1.06. The number of nitrogens with zero attached hydrogens (tertiary/aromatic N) is 1. The SMILES string of the molecule is CCNC(CSCC)c1cccc2cccnc12. The maximum atomic E-state index is 4.54. The van der Waals surface area contributed by atoms with Crippen LogP contribution in [0.1, 0.15) is 25.5 Å². The van der Waals surface area contributed by atoms with Gasteiger partial charge in [0.2, 0.25) is 0 Å². The summed E-state index contributed by atoms with van der Waals surface area (Å²) in [5, 5.41) is 4.79. The van der Waals surface area contributed by atoms with Crippen molar-refractivity contribution in [2.24, 2.45) is 0 Å². The quantitative estimate of drug-likeness (QED) is 0.858. The van der Waals surface area contributed by atoms with Crippen molar-refractivity contribution >= 4 is 22.7 Å². The summed E-state index contributed by atoms with van der Waals surface area (Å²) in [6.45, 7) is 5.34. The number of rotatable bonds is 6. The van der Waals surface area contributed by atoms with Crippen molar-refractivity contribution < 1.29 is 0 Å². The van der Waals surface area contributed by atoms with Gasteiger partial charge < -0.3 is 5.32 Å². The second-order valence-corrected chi connectivity index (χ2v) is 5.51. The zero-order valence-electron chi connectivity index (χ0n) is 11.0. The molecule has 0 saturated heterocycles. The number of nitrogens with one attached hydrogen (secondary N) is 1. The van der Waals surface area contributed by atoms with Crippen molar-refractivity contribution in [3.8, 4) is 0 Å². The molecule has 1 unspecified atom stereocenters. The van der Waals surface area contributed by atoms with Gasteiger partial charge in [0.05, 0.1) is 5.52 Å². The van der Waals surface area contributed by atoms with Crippen LogP contribution in [0.2, 0.25) is 0 Å². The summed E-state index contributed by atoms with van der Waals surface area (Å²) >= 11 is 1.97. The van der Waals surface area contributed by atoms with Gasteiger partial charge in [0.1, 0.15) is 0 Å². The van der Waals surface area contributed by atoms with Crippen molar-refractivity contribution in [1.82, 2.24) is 10.3 Å². The highest BCUT2D eigenvalue weighted by atomic mass is 32.2. The minimum Gasteiger partial charge on any atom is -0.309 e. The van der Waals surface area contributed by atoms with E-state index in [0.717, 1.165) is 23.6 Å². The van der Waals surface area contributed by atoms with Gasteiger partial charge >= 0.3 is 0 Å². The van der Waals surface area contributed by atoms with Gasteiger partial charge in [-0.2, -0.15) is 11.8 Å². The molecule has 0 amide bonds. The van der Waals surface area contributed by atoms with Crippen LogP contribution in [0, 0.1) is 0 Å². The van der Waals surface area contributed by atoms with Crippen LogP contribution in [-0.4, -0.2) is 23.0 Å². The summed E-state index contributed by atoms with van der Waals surface area (Å²) in [6, 6.07) is 11.0. The van der Waals surface area contributed by atoms with Crippen LogP contribution in [-0.2, 0) is 0 Å². The molecule has 3 heteroatoms. The maximum Gasteiger partial charge on any atom is 0.0750 e. The summed E-state index contributed by atoms with van der Waals surface area (Å²) in [5.41, 5.74) is 2.44. The third-order valence-corrected chi connectivity index (χ3v) is 3.96. The first kappa shape index (κ1) is 13.4. The predicted molar refractivity (Wildman–Crippen MR) is 81.2 cm³/mol. The fourth-order valence-electron chi connectivity index (χ4n) is 2.15. The van der Waals surface area contributed by atoms with E-state index in [4.69, 9.17) is 0 Å². The van der Waals surface area contributed by atoms with Crippen LogP contribution in [0.3, 0.4) is 0 Å². The van der Waals surface area contributed by atoms with E-state index in [2.05, 4.69) is 48.4 Å². The number of hydrogen-bond donors (Lipinski definition) is 1. The summed E-state index contributed by atoms with van der Waals surface area (Å²) in [5.74, 6) is 2.25. The monoisotopic (exact) mass is 260 g/mol. The van der Waals surface area contributed by atoms with Gasteiger partial charge in [0.25, 0.3) is 0 Å². The molecule has 1 atom stereocenters. The number of fused-ring (bicyclic) bond motifs is 1. The van der Waals surface area contributed by atoms with Crippen molar-refractivity contribution in [1.29, 1.82) is 0 Å². The van der Waals surface area contributed by atoms with E-state index in [0.29, 0.717) is 6.04 Å². The summed E-state index contributed by atoms with van der Waals surface area (Å²) < 4.78 is 0. The number of para-hydroxylation sites is 1. The van der Waals surface area contributed by atoms with Gasteiger partial charge in [-0.05, 0) is 23.9 Å². The lowest BCUT2D eigenvalue weighted by molar-refractivity contribution is 0.609. The summed E-state index contributed by atoms with van der Waals surface area (Å²) in [7, 11) is 0. The number of hydrogen-bond acceptors (Lipinski definition) is 3. The fourth-order valence-corrected chi connectivity index (χ4v) is 2.92. The molecule has 0 aliphatic carbocycles. The molecule has 1 N–H and O–H groups in total. The number of benzene rings is 1. The first-order chi connectivity index (χ1) is 8.86. The van der Waals surface area contributed by atoms with E-state index < -0.39 is 0 Å². The zero-order valence-corrected chi connectivity index (χ0v) is 11.8. The van der Waals surface area contributed by atoms with Crippen LogP contribution in [0.5, 0.6) is 0 Å². The maximum absolute atomic E-state index is 4.54. The van der Waals surface area contributed by atoms with Gasteiger partial charge in [0, 0.05) is 23.4 Å². The van der Waals surface area contributed by atoms with Gasteiger partial charge in [0.15, 0.2) is 0 Å². The second-order valence-electron chi connectivity index (χ2n) is 4.19. The topological polar surface area (TPSA) is 24.9 Å². The molecule has 2 nitrogen and oxygen atoms in total. The third-order valence-electron chi connectivity index (χ3n) is 2.98. The van der Waals surface area contributed by atoms with Gasteiger partial charge in [-0.3, -0.25) is 4.98 Å². The van der Waals surface area contributed by atoms with Crippen molar-refractivity contribution in [3.05, 3.63) is 42.1 Å². The second kappa shape index (κ2) is 6.76. The molecule has 0 bridgehead atoms. The molecule has 1 aromatic carbocycles. The van der Waals surface area contributed by atoms with E-state index in [9.17, 15) is 0 Å². The Morgan fingerprint density at radius 2 is 2.06 bits per heavy atom. The Morgan fingerprint density at radius 1 is 1.22 bits per heavy atom. The number of aromatic nitrogens is 1. The summed E-state index contributed by atoms with van der Waals surface area (Å²) in [4.78, 5) is 4.54. The average molecular weight is 260 g/mol.